The van der Waals surface area contributed by atoms with Gasteiger partial charge in [-0.1, -0.05) is 18.5 Å². The molecule has 1 fully saturated rings. The lowest BCUT2D eigenvalue weighted by Gasteiger charge is -2.27. The summed E-state index contributed by atoms with van der Waals surface area (Å²) in [4.78, 5) is 2.51. The van der Waals surface area contributed by atoms with Crippen molar-refractivity contribution in [2.75, 3.05) is 24.5 Å². The van der Waals surface area contributed by atoms with E-state index in [1.807, 2.05) is 6.07 Å². The fourth-order valence-electron chi connectivity index (χ4n) is 2.41. The molecule has 0 aromatic heterocycles. The molecule has 2 N–H and O–H groups in total. The standard InChI is InChI=1S/C15H23ClN2/c1-2-9-18(11-12-3-4-12)15-6-5-14(16)10-13(15)7-8-17/h5-6,10,12H,2-4,7-9,11,17H2,1H3. The molecule has 18 heavy (non-hydrogen) atoms. The molecule has 0 bridgehead atoms. The molecule has 1 aliphatic rings. The third-order valence-corrected chi connectivity index (χ3v) is 3.70. The number of rotatable bonds is 7. The van der Waals surface area contributed by atoms with Gasteiger partial charge in [0.05, 0.1) is 0 Å². The molecular weight excluding hydrogens is 244 g/mol. The van der Waals surface area contributed by atoms with Crippen LogP contribution in [0.3, 0.4) is 0 Å². The van der Waals surface area contributed by atoms with E-state index >= 15 is 0 Å². The summed E-state index contributed by atoms with van der Waals surface area (Å²) < 4.78 is 0. The maximum Gasteiger partial charge on any atom is 0.0410 e. The van der Waals surface area contributed by atoms with Crippen molar-refractivity contribution in [3.63, 3.8) is 0 Å². The summed E-state index contributed by atoms with van der Waals surface area (Å²) in [6.45, 7) is 5.22. The van der Waals surface area contributed by atoms with Gasteiger partial charge < -0.3 is 10.6 Å². The number of halogens is 1. The Kier molecular flexibility index (Phi) is 4.90. The first-order chi connectivity index (χ1) is 8.74. The second-order valence-corrected chi connectivity index (χ2v) is 5.64. The van der Waals surface area contributed by atoms with Gasteiger partial charge in [-0.25, -0.2) is 0 Å². The molecule has 0 saturated heterocycles. The summed E-state index contributed by atoms with van der Waals surface area (Å²) in [5, 5.41) is 0.810. The van der Waals surface area contributed by atoms with Crippen molar-refractivity contribution in [2.24, 2.45) is 11.7 Å². The zero-order valence-electron chi connectivity index (χ0n) is 11.2. The molecule has 0 unspecified atom stereocenters. The highest BCUT2D eigenvalue weighted by Gasteiger charge is 2.25. The van der Waals surface area contributed by atoms with E-state index in [1.54, 1.807) is 0 Å². The SMILES string of the molecule is CCCN(CC1CC1)c1ccc(Cl)cc1CCN. The van der Waals surface area contributed by atoms with Crippen molar-refractivity contribution in [1.29, 1.82) is 0 Å². The molecule has 2 nitrogen and oxygen atoms in total. The van der Waals surface area contributed by atoms with Crippen LogP contribution >= 0.6 is 11.6 Å². The van der Waals surface area contributed by atoms with Crippen LogP contribution in [-0.2, 0) is 6.42 Å². The minimum atomic E-state index is 0.677. The summed E-state index contributed by atoms with van der Waals surface area (Å²) in [5.74, 6) is 0.901. The molecule has 1 aromatic carbocycles. The number of anilines is 1. The Morgan fingerprint density at radius 1 is 1.39 bits per heavy atom. The van der Waals surface area contributed by atoms with Gasteiger partial charge in [0, 0.05) is 23.8 Å². The summed E-state index contributed by atoms with van der Waals surface area (Å²) >= 11 is 6.09. The Morgan fingerprint density at radius 3 is 2.78 bits per heavy atom. The third-order valence-electron chi connectivity index (χ3n) is 3.46. The van der Waals surface area contributed by atoms with E-state index in [0.717, 1.165) is 23.9 Å². The summed E-state index contributed by atoms with van der Waals surface area (Å²) in [5.41, 5.74) is 8.33. The van der Waals surface area contributed by atoms with Crippen molar-refractivity contribution in [3.05, 3.63) is 28.8 Å². The summed E-state index contributed by atoms with van der Waals surface area (Å²) in [6.07, 6.45) is 4.86. The lowest BCUT2D eigenvalue weighted by Crippen LogP contribution is -2.27. The highest BCUT2D eigenvalue weighted by atomic mass is 35.5. The Morgan fingerprint density at radius 2 is 2.17 bits per heavy atom. The quantitative estimate of drug-likeness (QED) is 0.819. The maximum absolute atomic E-state index is 6.09. The molecule has 0 amide bonds. The second-order valence-electron chi connectivity index (χ2n) is 5.20. The van der Waals surface area contributed by atoms with Gasteiger partial charge in [0.15, 0.2) is 0 Å². The number of nitrogens with two attached hydrogens (primary N) is 1. The fourth-order valence-corrected chi connectivity index (χ4v) is 2.61. The number of benzene rings is 1. The van der Waals surface area contributed by atoms with Gasteiger partial charge in [-0.15, -0.1) is 0 Å². The molecule has 1 aromatic rings. The van der Waals surface area contributed by atoms with Crippen LogP contribution < -0.4 is 10.6 Å². The van der Waals surface area contributed by atoms with Gasteiger partial charge in [-0.05, 0) is 61.9 Å². The first kappa shape index (κ1) is 13.7. The predicted molar refractivity (Wildman–Crippen MR) is 79.4 cm³/mol. The van der Waals surface area contributed by atoms with Gasteiger partial charge in [0.25, 0.3) is 0 Å². The lowest BCUT2D eigenvalue weighted by molar-refractivity contribution is 0.704. The fraction of sp³-hybridized carbons (Fsp3) is 0.600. The minimum Gasteiger partial charge on any atom is -0.371 e. The van der Waals surface area contributed by atoms with E-state index in [4.69, 9.17) is 17.3 Å². The van der Waals surface area contributed by atoms with Crippen molar-refractivity contribution in [2.45, 2.75) is 32.6 Å². The van der Waals surface area contributed by atoms with Crippen molar-refractivity contribution < 1.29 is 0 Å². The van der Waals surface area contributed by atoms with E-state index < -0.39 is 0 Å². The Hall–Kier alpha value is -0.730. The molecule has 2 rings (SSSR count). The van der Waals surface area contributed by atoms with Crippen LogP contribution in [0.2, 0.25) is 5.02 Å². The third kappa shape index (κ3) is 3.63. The zero-order valence-corrected chi connectivity index (χ0v) is 11.9. The molecule has 3 heteroatoms. The molecule has 1 aliphatic carbocycles. The van der Waals surface area contributed by atoms with Crippen LogP contribution in [0.4, 0.5) is 5.69 Å². The minimum absolute atomic E-state index is 0.677. The van der Waals surface area contributed by atoms with E-state index in [9.17, 15) is 0 Å². The van der Waals surface area contributed by atoms with Crippen LogP contribution in [-0.4, -0.2) is 19.6 Å². The summed E-state index contributed by atoms with van der Waals surface area (Å²) in [7, 11) is 0. The van der Waals surface area contributed by atoms with E-state index in [2.05, 4.69) is 24.0 Å². The van der Waals surface area contributed by atoms with Crippen molar-refractivity contribution in [3.8, 4) is 0 Å². The van der Waals surface area contributed by atoms with Crippen LogP contribution in [0.1, 0.15) is 31.7 Å². The molecule has 0 aliphatic heterocycles. The van der Waals surface area contributed by atoms with Crippen LogP contribution in [0.5, 0.6) is 0 Å². The van der Waals surface area contributed by atoms with Gasteiger partial charge >= 0.3 is 0 Å². The van der Waals surface area contributed by atoms with E-state index in [0.29, 0.717) is 6.54 Å². The monoisotopic (exact) mass is 266 g/mol. The highest BCUT2D eigenvalue weighted by molar-refractivity contribution is 6.30. The van der Waals surface area contributed by atoms with Gasteiger partial charge in [-0.3, -0.25) is 0 Å². The largest absolute Gasteiger partial charge is 0.371 e. The van der Waals surface area contributed by atoms with Crippen LogP contribution in [0.15, 0.2) is 18.2 Å². The van der Waals surface area contributed by atoms with Gasteiger partial charge in [-0.2, -0.15) is 0 Å². The zero-order chi connectivity index (χ0) is 13.0. The Balaban J connectivity index is 2.20. The van der Waals surface area contributed by atoms with Crippen LogP contribution in [0.25, 0.3) is 0 Å². The van der Waals surface area contributed by atoms with Crippen molar-refractivity contribution >= 4 is 17.3 Å². The Bertz CT molecular complexity index is 388. The predicted octanol–water partition coefficient (Wildman–Crippen LogP) is 3.47. The van der Waals surface area contributed by atoms with Crippen molar-refractivity contribution in [1.82, 2.24) is 0 Å². The summed E-state index contributed by atoms with van der Waals surface area (Å²) in [6, 6.07) is 6.22. The molecule has 1 saturated carbocycles. The highest BCUT2D eigenvalue weighted by Crippen LogP contribution is 2.33. The maximum atomic E-state index is 6.09. The normalized spacial score (nSPS) is 14.8. The Labute approximate surface area is 115 Å². The first-order valence-corrected chi connectivity index (χ1v) is 7.35. The van der Waals surface area contributed by atoms with E-state index in [-0.39, 0.29) is 0 Å². The smallest absolute Gasteiger partial charge is 0.0410 e. The molecular formula is C15H23ClN2. The average molecular weight is 267 g/mol. The van der Waals surface area contributed by atoms with Gasteiger partial charge in [0.2, 0.25) is 0 Å². The number of nitrogens with zero attached hydrogens (tertiary/aromatic N) is 1. The van der Waals surface area contributed by atoms with Crippen LogP contribution in [0, 0.1) is 5.92 Å². The molecule has 0 atom stereocenters. The lowest BCUT2D eigenvalue weighted by atomic mass is 10.1. The topological polar surface area (TPSA) is 29.3 Å². The average Bonchev–Trinajstić information content (AvgIpc) is 3.13. The second kappa shape index (κ2) is 6.44. The number of hydrogen-bond acceptors (Lipinski definition) is 2. The number of hydrogen-bond donors (Lipinski definition) is 1. The molecule has 0 spiro atoms. The van der Waals surface area contributed by atoms with E-state index in [1.165, 1.54) is 37.1 Å². The van der Waals surface area contributed by atoms with Gasteiger partial charge in [0.1, 0.15) is 0 Å². The first-order valence-electron chi connectivity index (χ1n) is 6.98. The molecule has 0 radical (unpaired) electrons. The molecule has 0 heterocycles. The molecule has 100 valence electrons.